The molecule has 3 aromatic rings. The molecule has 180 valence electrons. The number of benzene rings is 3. The fraction of sp³-hybridized carbons (Fsp3) is 0.240. The summed E-state index contributed by atoms with van der Waals surface area (Å²) in [4.78, 5) is 12.5. The number of sulfonamides is 1. The van der Waals surface area contributed by atoms with Crippen LogP contribution in [0.4, 0.5) is 10.1 Å². The number of hydrogen-bond acceptors (Lipinski definition) is 5. The predicted octanol–water partition coefficient (Wildman–Crippen LogP) is 3.79. The van der Waals surface area contributed by atoms with Crippen LogP contribution in [-0.2, 0) is 21.2 Å². The quantitative estimate of drug-likeness (QED) is 0.417. The van der Waals surface area contributed by atoms with Crippen molar-refractivity contribution >= 4 is 21.6 Å². The van der Waals surface area contributed by atoms with Gasteiger partial charge in [-0.05, 0) is 66.9 Å². The van der Waals surface area contributed by atoms with E-state index in [1.807, 2.05) is 18.2 Å². The van der Waals surface area contributed by atoms with E-state index in [9.17, 15) is 17.6 Å². The second-order valence-electron chi connectivity index (χ2n) is 7.44. The minimum Gasteiger partial charge on any atom is -0.493 e. The van der Waals surface area contributed by atoms with Crippen LogP contribution in [0.5, 0.6) is 11.5 Å². The molecule has 0 aliphatic rings. The van der Waals surface area contributed by atoms with E-state index in [0.717, 1.165) is 22.0 Å². The Bertz CT molecular complexity index is 1200. The van der Waals surface area contributed by atoms with Crippen molar-refractivity contribution in [3.63, 3.8) is 0 Å². The molecule has 34 heavy (non-hydrogen) atoms. The molecule has 3 aromatic carbocycles. The molecule has 3 rings (SSSR count). The van der Waals surface area contributed by atoms with Gasteiger partial charge in [-0.2, -0.15) is 0 Å². The molecule has 0 bridgehead atoms. The second kappa shape index (κ2) is 11.5. The van der Waals surface area contributed by atoms with Crippen LogP contribution in [0.25, 0.3) is 0 Å². The van der Waals surface area contributed by atoms with Gasteiger partial charge in [0.05, 0.1) is 24.8 Å². The molecule has 0 radical (unpaired) electrons. The van der Waals surface area contributed by atoms with Gasteiger partial charge in [-0.25, -0.2) is 12.8 Å². The SMILES string of the molecule is COc1ccc(CCCNC(=O)CN(c2ccccc2)S(=O)(=O)c2ccc(F)cc2)cc1OC. The summed E-state index contributed by atoms with van der Waals surface area (Å²) in [7, 11) is -0.933. The Morgan fingerprint density at radius 3 is 2.26 bits per heavy atom. The average Bonchev–Trinajstić information content (AvgIpc) is 2.85. The first-order valence-electron chi connectivity index (χ1n) is 10.7. The maximum Gasteiger partial charge on any atom is 0.264 e. The number of amides is 1. The predicted molar refractivity (Wildman–Crippen MR) is 128 cm³/mol. The van der Waals surface area contributed by atoms with Crippen LogP contribution in [0, 0.1) is 5.82 Å². The van der Waals surface area contributed by atoms with Crippen LogP contribution in [0.1, 0.15) is 12.0 Å². The molecular formula is C25H27FN2O5S. The number of halogens is 1. The molecule has 0 atom stereocenters. The number of methoxy groups -OCH3 is 2. The third kappa shape index (κ3) is 6.26. The number of carbonyl (C=O) groups excluding carboxylic acids is 1. The first-order chi connectivity index (χ1) is 16.3. The molecule has 0 heterocycles. The van der Waals surface area contributed by atoms with Gasteiger partial charge < -0.3 is 14.8 Å². The zero-order chi connectivity index (χ0) is 24.6. The average molecular weight is 487 g/mol. The Kier molecular flexibility index (Phi) is 8.48. The molecule has 0 aliphatic carbocycles. The van der Waals surface area contributed by atoms with E-state index in [1.165, 1.54) is 12.1 Å². The van der Waals surface area contributed by atoms with E-state index in [4.69, 9.17) is 9.47 Å². The van der Waals surface area contributed by atoms with E-state index >= 15 is 0 Å². The molecule has 0 aliphatic heterocycles. The number of nitrogens with one attached hydrogen (secondary N) is 1. The van der Waals surface area contributed by atoms with E-state index in [0.29, 0.717) is 36.6 Å². The standard InChI is InChI=1S/C25H27FN2O5S/c1-32-23-15-10-19(17-24(23)33-2)7-6-16-27-25(29)18-28(21-8-4-3-5-9-21)34(30,31)22-13-11-20(26)12-14-22/h3-5,8-15,17H,6-7,16,18H2,1-2H3,(H,27,29). The van der Waals surface area contributed by atoms with Crippen LogP contribution in [0.3, 0.4) is 0 Å². The molecule has 0 unspecified atom stereocenters. The number of rotatable bonds is 11. The van der Waals surface area contributed by atoms with Crippen molar-refractivity contribution in [3.8, 4) is 11.5 Å². The highest BCUT2D eigenvalue weighted by Gasteiger charge is 2.27. The third-order valence-corrected chi connectivity index (χ3v) is 6.93. The third-order valence-electron chi connectivity index (χ3n) is 5.15. The number of para-hydroxylation sites is 1. The fourth-order valence-corrected chi connectivity index (χ4v) is 4.81. The largest absolute Gasteiger partial charge is 0.493 e. The number of carbonyl (C=O) groups is 1. The number of ether oxygens (including phenoxy) is 2. The first-order valence-corrected chi connectivity index (χ1v) is 12.1. The topological polar surface area (TPSA) is 84.9 Å². The fourth-order valence-electron chi connectivity index (χ4n) is 3.39. The summed E-state index contributed by atoms with van der Waals surface area (Å²) in [6.45, 7) is -0.0352. The Balaban J connectivity index is 1.64. The lowest BCUT2D eigenvalue weighted by Gasteiger charge is -2.24. The van der Waals surface area contributed by atoms with Crippen LogP contribution >= 0.6 is 0 Å². The molecular weight excluding hydrogens is 459 g/mol. The Hall–Kier alpha value is -3.59. The minimum atomic E-state index is -4.07. The number of anilines is 1. The Morgan fingerprint density at radius 2 is 1.62 bits per heavy atom. The van der Waals surface area contributed by atoms with Gasteiger partial charge >= 0.3 is 0 Å². The minimum absolute atomic E-state index is 0.0981. The zero-order valence-corrected chi connectivity index (χ0v) is 19.8. The number of hydrogen-bond donors (Lipinski definition) is 1. The summed E-state index contributed by atoms with van der Waals surface area (Å²) in [5.74, 6) is 0.288. The van der Waals surface area contributed by atoms with Crippen molar-refractivity contribution in [2.24, 2.45) is 0 Å². The van der Waals surface area contributed by atoms with Crippen LogP contribution < -0.4 is 19.1 Å². The monoisotopic (exact) mass is 486 g/mol. The molecule has 1 amide bonds. The van der Waals surface area contributed by atoms with E-state index in [1.54, 1.807) is 44.6 Å². The van der Waals surface area contributed by atoms with Gasteiger partial charge in [-0.3, -0.25) is 9.10 Å². The summed E-state index contributed by atoms with van der Waals surface area (Å²) in [6, 6.07) is 18.5. The Morgan fingerprint density at radius 1 is 0.941 bits per heavy atom. The first kappa shape index (κ1) is 25.0. The Labute approximate surface area is 199 Å². The molecule has 1 N–H and O–H groups in total. The summed E-state index contributed by atoms with van der Waals surface area (Å²) in [6.07, 6.45) is 1.34. The van der Waals surface area contributed by atoms with Crippen molar-refractivity contribution in [1.29, 1.82) is 0 Å². The van der Waals surface area contributed by atoms with Gasteiger partial charge in [0.1, 0.15) is 12.4 Å². The summed E-state index contributed by atoms with van der Waals surface area (Å²) < 4.78 is 51.3. The normalized spacial score (nSPS) is 11.0. The van der Waals surface area contributed by atoms with Gasteiger partial charge in [-0.1, -0.05) is 24.3 Å². The maximum atomic E-state index is 13.3. The van der Waals surface area contributed by atoms with Crippen molar-refractivity contribution in [3.05, 3.63) is 84.2 Å². The van der Waals surface area contributed by atoms with E-state index < -0.39 is 28.3 Å². The summed E-state index contributed by atoms with van der Waals surface area (Å²) in [5, 5.41) is 2.78. The summed E-state index contributed by atoms with van der Waals surface area (Å²) >= 11 is 0. The van der Waals surface area contributed by atoms with E-state index in [-0.39, 0.29) is 4.90 Å². The van der Waals surface area contributed by atoms with Crippen molar-refractivity contribution in [2.75, 3.05) is 31.6 Å². The highest BCUT2D eigenvalue weighted by atomic mass is 32.2. The van der Waals surface area contributed by atoms with Gasteiger partial charge in [0, 0.05) is 6.54 Å². The lowest BCUT2D eigenvalue weighted by molar-refractivity contribution is -0.119. The molecule has 7 nitrogen and oxygen atoms in total. The molecule has 0 saturated heterocycles. The van der Waals surface area contributed by atoms with Gasteiger partial charge in [0.2, 0.25) is 5.91 Å². The van der Waals surface area contributed by atoms with Crippen molar-refractivity contribution < 1.29 is 27.1 Å². The number of nitrogens with zero attached hydrogens (tertiary/aromatic N) is 1. The maximum absolute atomic E-state index is 13.3. The molecule has 0 fully saturated rings. The molecule has 0 aromatic heterocycles. The van der Waals surface area contributed by atoms with Gasteiger partial charge in [-0.15, -0.1) is 0 Å². The lowest BCUT2D eigenvalue weighted by Crippen LogP contribution is -2.41. The van der Waals surface area contributed by atoms with Gasteiger partial charge in [0.25, 0.3) is 10.0 Å². The van der Waals surface area contributed by atoms with E-state index in [2.05, 4.69) is 5.32 Å². The number of aryl methyl sites for hydroxylation is 1. The molecule has 0 saturated carbocycles. The zero-order valence-electron chi connectivity index (χ0n) is 19.0. The summed E-state index contributed by atoms with van der Waals surface area (Å²) in [5.41, 5.74) is 1.36. The smallest absolute Gasteiger partial charge is 0.264 e. The van der Waals surface area contributed by atoms with Crippen molar-refractivity contribution in [1.82, 2.24) is 5.32 Å². The van der Waals surface area contributed by atoms with Gasteiger partial charge in [0.15, 0.2) is 11.5 Å². The lowest BCUT2D eigenvalue weighted by atomic mass is 10.1. The van der Waals surface area contributed by atoms with Crippen LogP contribution in [0.2, 0.25) is 0 Å². The second-order valence-corrected chi connectivity index (χ2v) is 9.31. The van der Waals surface area contributed by atoms with Crippen molar-refractivity contribution in [2.45, 2.75) is 17.7 Å². The highest BCUT2D eigenvalue weighted by Crippen LogP contribution is 2.28. The molecule has 0 spiro atoms. The van der Waals surface area contributed by atoms with Crippen LogP contribution in [-0.4, -0.2) is 41.6 Å². The van der Waals surface area contributed by atoms with Crippen LogP contribution in [0.15, 0.2) is 77.7 Å². The highest BCUT2D eigenvalue weighted by molar-refractivity contribution is 7.92. The molecule has 9 heteroatoms.